The lowest BCUT2D eigenvalue weighted by Gasteiger charge is -2.08. The van der Waals surface area contributed by atoms with Crippen LogP contribution in [0.2, 0.25) is 0 Å². The highest BCUT2D eigenvalue weighted by Crippen LogP contribution is 2.22. The molecule has 214 valence electrons. The summed E-state index contributed by atoms with van der Waals surface area (Å²) >= 11 is 0. The fourth-order valence-corrected chi connectivity index (χ4v) is 4.37. The Morgan fingerprint density at radius 3 is 2.10 bits per heavy atom. The molecule has 0 amide bonds. The lowest BCUT2D eigenvalue weighted by Crippen LogP contribution is -2.12. The number of carboxylic acid groups (broad SMARTS) is 1. The maximum absolute atomic E-state index is 12.1. The van der Waals surface area contributed by atoms with Gasteiger partial charge in [0.25, 0.3) is 0 Å². The van der Waals surface area contributed by atoms with E-state index in [2.05, 4.69) is 4.98 Å². The lowest BCUT2D eigenvalue weighted by atomic mass is 9.99. The third-order valence-corrected chi connectivity index (χ3v) is 6.83. The number of carbonyl (C=O) groups is 2. The normalized spacial score (nSPS) is 11.2. The van der Waals surface area contributed by atoms with E-state index in [-0.39, 0.29) is 5.78 Å². The standard InChI is InChI=1S/C22H23NO4.C14H12O/c1-15(22(24)25)14-17-8-10-19(11-9-17)26-13-12-20-16(2)27-21(23-20)18-6-4-3-5-7-18;1-11-7-5-6-10-13(11)14(15)12-8-3-2-4-9-12/h3-11,15H,12-14H2,1-2H3,(H,24,25);2-10H,1H3. The summed E-state index contributed by atoms with van der Waals surface area (Å²) in [6.45, 7) is 6.06. The number of aryl methyl sites for hydroxylation is 2. The van der Waals surface area contributed by atoms with Gasteiger partial charge < -0.3 is 14.3 Å². The number of aliphatic carboxylic acids is 1. The zero-order valence-corrected chi connectivity index (χ0v) is 24.1. The number of hydrogen-bond acceptors (Lipinski definition) is 5. The van der Waals surface area contributed by atoms with Crippen molar-refractivity contribution in [2.75, 3.05) is 6.61 Å². The third-order valence-electron chi connectivity index (χ3n) is 6.83. The molecule has 5 rings (SSSR count). The van der Waals surface area contributed by atoms with Crippen LogP contribution in [0.4, 0.5) is 0 Å². The van der Waals surface area contributed by atoms with E-state index >= 15 is 0 Å². The van der Waals surface area contributed by atoms with E-state index < -0.39 is 11.9 Å². The molecular formula is C36H35NO5. The number of hydrogen-bond donors (Lipinski definition) is 1. The summed E-state index contributed by atoms with van der Waals surface area (Å²) in [4.78, 5) is 27.6. The Labute approximate surface area is 246 Å². The fraction of sp³-hybridized carbons (Fsp3) is 0.194. The van der Waals surface area contributed by atoms with Crippen molar-refractivity contribution in [3.63, 3.8) is 0 Å². The second-order valence-corrected chi connectivity index (χ2v) is 10.1. The van der Waals surface area contributed by atoms with Crippen molar-refractivity contribution in [1.29, 1.82) is 0 Å². The largest absolute Gasteiger partial charge is 0.493 e. The van der Waals surface area contributed by atoms with E-state index in [1.165, 1.54) is 0 Å². The van der Waals surface area contributed by atoms with Gasteiger partial charge in [-0.05, 0) is 55.7 Å². The molecule has 1 heterocycles. The van der Waals surface area contributed by atoms with Gasteiger partial charge in [0, 0.05) is 23.1 Å². The zero-order chi connectivity index (χ0) is 29.9. The predicted octanol–water partition coefficient (Wildman–Crippen LogP) is 7.76. The van der Waals surface area contributed by atoms with Crippen LogP contribution in [0.5, 0.6) is 5.75 Å². The van der Waals surface area contributed by atoms with Crippen LogP contribution in [0.15, 0.2) is 114 Å². The Morgan fingerprint density at radius 1 is 0.833 bits per heavy atom. The number of carboxylic acids is 1. The van der Waals surface area contributed by atoms with Crippen molar-refractivity contribution in [2.24, 2.45) is 5.92 Å². The summed E-state index contributed by atoms with van der Waals surface area (Å²) in [5.41, 5.74) is 5.37. The minimum atomic E-state index is -0.784. The zero-order valence-electron chi connectivity index (χ0n) is 24.1. The number of aromatic nitrogens is 1. The van der Waals surface area contributed by atoms with Crippen molar-refractivity contribution in [3.05, 3.63) is 143 Å². The van der Waals surface area contributed by atoms with Crippen molar-refractivity contribution in [1.82, 2.24) is 4.98 Å². The first-order valence-electron chi connectivity index (χ1n) is 13.9. The summed E-state index contributed by atoms with van der Waals surface area (Å²) in [5.74, 6) is 1.09. The van der Waals surface area contributed by atoms with Gasteiger partial charge in [-0.2, -0.15) is 0 Å². The van der Waals surface area contributed by atoms with Crippen LogP contribution in [0.1, 0.15) is 45.4 Å². The molecule has 0 spiro atoms. The summed E-state index contributed by atoms with van der Waals surface area (Å²) in [5, 5.41) is 8.98. The first-order valence-corrected chi connectivity index (χ1v) is 13.9. The molecule has 1 N–H and O–H groups in total. The number of rotatable bonds is 10. The van der Waals surface area contributed by atoms with Crippen molar-refractivity contribution in [3.8, 4) is 17.2 Å². The van der Waals surface area contributed by atoms with Crippen LogP contribution in [-0.4, -0.2) is 28.4 Å². The first kappa shape index (κ1) is 30.0. The summed E-state index contributed by atoms with van der Waals surface area (Å²) in [7, 11) is 0. The van der Waals surface area contributed by atoms with Crippen molar-refractivity contribution >= 4 is 11.8 Å². The number of ether oxygens (including phenoxy) is 1. The lowest BCUT2D eigenvalue weighted by molar-refractivity contribution is -0.141. The Hall–Kier alpha value is -4.97. The molecule has 6 nitrogen and oxygen atoms in total. The second kappa shape index (κ2) is 14.6. The first-order chi connectivity index (χ1) is 20.3. The highest BCUT2D eigenvalue weighted by Gasteiger charge is 2.13. The van der Waals surface area contributed by atoms with Gasteiger partial charge in [0.05, 0.1) is 18.2 Å². The molecule has 42 heavy (non-hydrogen) atoms. The molecule has 0 radical (unpaired) electrons. The highest BCUT2D eigenvalue weighted by atomic mass is 16.5. The van der Waals surface area contributed by atoms with E-state index in [1.807, 2.05) is 123 Å². The van der Waals surface area contributed by atoms with Gasteiger partial charge in [-0.3, -0.25) is 9.59 Å². The van der Waals surface area contributed by atoms with E-state index in [4.69, 9.17) is 14.3 Å². The molecule has 0 bridgehead atoms. The number of carbonyl (C=O) groups excluding carboxylic acids is 1. The maximum atomic E-state index is 12.1. The highest BCUT2D eigenvalue weighted by molar-refractivity contribution is 6.09. The molecule has 0 aliphatic carbocycles. The van der Waals surface area contributed by atoms with Gasteiger partial charge in [0.2, 0.25) is 5.89 Å². The molecule has 1 unspecified atom stereocenters. The van der Waals surface area contributed by atoms with Crippen LogP contribution < -0.4 is 4.74 Å². The van der Waals surface area contributed by atoms with Crippen LogP contribution in [0.25, 0.3) is 11.5 Å². The third kappa shape index (κ3) is 8.27. The summed E-state index contributed by atoms with van der Waals surface area (Å²) in [6, 6.07) is 34.4. The average molecular weight is 562 g/mol. The van der Waals surface area contributed by atoms with E-state index in [9.17, 15) is 9.59 Å². The molecule has 6 heteroatoms. The summed E-state index contributed by atoms with van der Waals surface area (Å²) < 4.78 is 11.6. The quantitative estimate of drug-likeness (QED) is 0.175. The number of benzene rings is 4. The summed E-state index contributed by atoms with van der Waals surface area (Å²) in [6.07, 6.45) is 1.16. The van der Waals surface area contributed by atoms with Gasteiger partial charge in [0.15, 0.2) is 5.78 Å². The maximum Gasteiger partial charge on any atom is 0.306 e. The minimum Gasteiger partial charge on any atom is -0.493 e. The molecule has 0 fully saturated rings. The second-order valence-electron chi connectivity index (χ2n) is 10.1. The number of oxazole rings is 1. The molecule has 5 aromatic rings. The van der Waals surface area contributed by atoms with Gasteiger partial charge >= 0.3 is 5.97 Å². The fourth-order valence-electron chi connectivity index (χ4n) is 4.37. The van der Waals surface area contributed by atoms with E-state index in [0.29, 0.717) is 25.3 Å². The Balaban J connectivity index is 0.000000227. The molecule has 0 saturated carbocycles. The van der Waals surface area contributed by atoms with Crippen molar-refractivity contribution in [2.45, 2.75) is 33.6 Å². The molecule has 0 aliphatic rings. The molecule has 1 aromatic heterocycles. The number of ketones is 1. The Kier molecular flexibility index (Phi) is 10.4. The average Bonchev–Trinajstić information content (AvgIpc) is 3.39. The van der Waals surface area contributed by atoms with Crippen molar-refractivity contribution < 1.29 is 23.8 Å². The smallest absolute Gasteiger partial charge is 0.306 e. The SMILES string of the molecule is Cc1ccccc1C(=O)c1ccccc1.Cc1oc(-c2ccccc2)nc1CCOc1ccc(CC(C)C(=O)O)cc1. The predicted molar refractivity (Wildman–Crippen MR) is 164 cm³/mol. The van der Waals surface area contributed by atoms with Crippen LogP contribution in [0.3, 0.4) is 0 Å². The van der Waals surface area contributed by atoms with Gasteiger partial charge in [0.1, 0.15) is 11.5 Å². The van der Waals surface area contributed by atoms with Crippen LogP contribution in [0, 0.1) is 19.8 Å². The topological polar surface area (TPSA) is 89.6 Å². The number of nitrogens with zero attached hydrogens (tertiary/aromatic N) is 1. The molecule has 0 aliphatic heterocycles. The molecule has 1 atom stereocenters. The van der Waals surface area contributed by atoms with Crippen LogP contribution >= 0.6 is 0 Å². The van der Waals surface area contributed by atoms with Gasteiger partial charge in [-0.25, -0.2) is 4.98 Å². The van der Waals surface area contributed by atoms with E-state index in [0.717, 1.165) is 45.0 Å². The molecule has 0 saturated heterocycles. The monoisotopic (exact) mass is 561 g/mol. The minimum absolute atomic E-state index is 0.0914. The molecule has 4 aromatic carbocycles. The Bertz CT molecular complexity index is 1590. The van der Waals surface area contributed by atoms with Crippen LogP contribution in [-0.2, 0) is 17.6 Å². The van der Waals surface area contributed by atoms with Gasteiger partial charge in [-0.1, -0.05) is 91.9 Å². The molecular weight excluding hydrogens is 526 g/mol. The van der Waals surface area contributed by atoms with Gasteiger partial charge in [-0.15, -0.1) is 0 Å². The van der Waals surface area contributed by atoms with E-state index in [1.54, 1.807) is 6.92 Å². The Morgan fingerprint density at radius 2 is 1.45 bits per heavy atom.